The third kappa shape index (κ3) is 3.64. The molecular formula is C13H10BrFO4. The normalized spacial score (nSPS) is 18.6. The molecule has 100 valence electrons. The average Bonchev–Trinajstić information content (AvgIpc) is 2.76. The van der Waals surface area contributed by atoms with Crippen molar-refractivity contribution in [1.29, 1.82) is 0 Å². The lowest BCUT2D eigenvalue weighted by atomic mass is 10.2. The molecule has 0 bridgehead atoms. The van der Waals surface area contributed by atoms with Gasteiger partial charge in [-0.2, -0.15) is 0 Å². The van der Waals surface area contributed by atoms with Gasteiger partial charge in [0.1, 0.15) is 5.82 Å². The van der Waals surface area contributed by atoms with Gasteiger partial charge in [0.15, 0.2) is 0 Å². The van der Waals surface area contributed by atoms with Crippen molar-refractivity contribution in [3.05, 3.63) is 40.1 Å². The summed E-state index contributed by atoms with van der Waals surface area (Å²) in [6.07, 6.45) is 1.87. The maximum atomic E-state index is 13.4. The Morgan fingerprint density at radius 3 is 3.00 bits per heavy atom. The molecule has 0 N–H and O–H groups in total. The Bertz CT molecular complexity index is 541. The van der Waals surface area contributed by atoms with Crippen LogP contribution >= 0.6 is 15.9 Å². The molecule has 0 aliphatic carbocycles. The Morgan fingerprint density at radius 2 is 2.32 bits per heavy atom. The number of carbonyl (C=O) groups is 2. The Labute approximate surface area is 117 Å². The molecule has 1 aromatic rings. The lowest BCUT2D eigenvalue weighted by Gasteiger charge is -2.05. The van der Waals surface area contributed by atoms with Crippen LogP contribution in [-0.4, -0.2) is 24.6 Å². The first-order chi connectivity index (χ1) is 9.06. The van der Waals surface area contributed by atoms with E-state index in [0.29, 0.717) is 10.9 Å². The summed E-state index contributed by atoms with van der Waals surface area (Å²) in [5.41, 5.74) is 0.250. The SMILES string of the molecule is O=C(/C=C/c1cc(Br)ccc1F)OC1CCOC1=O. The van der Waals surface area contributed by atoms with E-state index in [1.807, 2.05) is 0 Å². The maximum absolute atomic E-state index is 13.4. The fourth-order valence-corrected chi connectivity index (χ4v) is 1.94. The van der Waals surface area contributed by atoms with E-state index in [-0.39, 0.29) is 12.2 Å². The summed E-state index contributed by atoms with van der Waals surface area (Å²) >= 11 is 3.20. The van der Waals surface area contributed by atoms with Crippen LogP contribution in [0.4, 0.5) is 4.39 Å². The predicted octanol–water partition coefficient (Wildman–Crippen LogP) is 2.46. The Hall–Kier alpha value is -1.69. The van der Waals surface area contributed by atoms with Gasteiger partial charge in [0.2, 0.25) is 6.10 Å². The second-order valence-corrected chi connectivity index (χ2v) is 4.80. The summed E-state index contributed by atoms with van der Waals surface area (Å²) in [6, 6.07) is 4.37. The summed E-state index contributed by atoms with van der Waals surface area (Å²) in [5, 5.41) is 0. The van der Waals surface area contributed by atoms with E-state index in [1.165, 1.54) is 18.2 Å². The Balaban J connectivity index is 2.00. The highest BCUT2D eigenvalue weighted by Crippen LogP contribution is 2.17. The standard InChI is InChI=1S/C13H10BrFO4/c14-9-2-3-10(15)8(7-9)1-4-12(16)19-11-5-6-18-13(11)17/h1-4,7,11H,5-6H2/b4-1+. The number of carbonyl (C=O) groups excluding carboxylic acids is 2. The molecule has 2 rings (SSSR count). The van der Waals surface area contributed by atoms with Crippen LogP contribution in [0.1, 0.15) is 12.0 Å². The molecule has 1 aromatic carbocycles. The monoisotopic (exact) mass is 328 g/mol. The van der Waals surface area contributed by atoms with Crippen LogP contribution in [0.3, 0.4) is 0 Å². The minimum Gasteiger partial charge on any atom is -0.463 e. The molecule has 0 aromatic heterocycles. The van der Waals surface area contributed by atoms with Crippen LogP contribution in [-0.2, 0) is 19.1 Å². The fourth-order valence-electron chi connectivity index (χ4n) is 1.56. The van der Waals surface area contributed by atoms with E-state index in [1.54, 1.807) is 6.07 Å². The van der Waals surface area contributed by atoms with Gasteiger partial charge in [0.25, 0.3) is 0 Å². The third-order valence-electron chi connectivity index (χ3n) is 2.50. The average molecular weight is 329 g/mol. The molecule has 1 saturated heterocycles. The van der Waals surface area contributed by atoms with E-state index in [9.17, 15) is 14.0 Å². The molecule has 19 heavy (non-hydrogen) atoms. The van der Waals surface area contributed by atoms with Crippen molar-refractivity contribution in [3.63, 3.8) is 0 Å². The summed E-state index contributed by atoms with van der Waals surface area (Å²) in [5.74, 6) is -1.70. The highest BCUT2D eigenvalue weighted by Gasteiger charge is 2.29. The number of hydrogen-bond acceptors (Lipinski definition) is 4. The first kappa shape index (κ1) is 13.7. The van der Waals surface area contributed by atoms with Crippen LogP contribution in [0.25, 0.3) is 6.08 Å². The molecule has 6 heteroatoms. The number of halogens is 2. The van der Waals surface area contributed by atoms with Gasteiger partial charge in [-0.25, -0.2) is 14.0 Å². The predicted molar refractivity (Wildman–Crippen MR) is 68.6 cm³/mol. The third-order valence-corrected chi connectivity index (χ3v) is 3.00. The smallest absolute Gasteiger partial charge is 0.347 e. The summed E-state index contributed by atoms with van der Waals surface area (Å²) in [6.45, 7) is 0.251. The summed E-state index contributed by atoms with van der Waals surface area (Å²) in [4.78, 5) is 22.6. The van der Waals surface area contributed by atoms with Crippen molar-refractivity contribution in [3.8, 4) is 0 Å². The molecule has 0 amide bonds. The fraction of sp³-hybridized carbons (Fsp3) is 0.231. The Kier molecular flexibility index (Phi) is 4.31. The number of esters is 2. The lowest BCUT2D eigenvalue weighted by molar-refractivity contribution is -0.156. The van der Waals surface area contributed by atoms with Gasteiger partial charge in [-0.3, -0.25) is 0 Å². The highest BCUT2D eigenvalue weighted by molar-refractivity contribution is 9.10. The molecule has 0 saturated carbocycles. The summed E-state index contributed by atoms with van der Waals surface area (Å²) < 4.78 is 23.6. The van der Waals surface area contributed by atoms with Gasteiger partial charge in [0, 0.05) is 22.5 Å². The number of cyclic esters (lactones) is 1. The van der Waals surface area contributed by atoms with Crippen molar-refractivity contribution in [2.24, 2.45) is 0 Å². The molecule has 1 atom stereocenters. The van der Waals surface area contributed by atoms with Crippen LogP contribution in [0.2, 0.25) is 0 Å². The topological polar surface area (TPSA) is 52.6 Å². The van der Waals surface area contributed by atoms with Crippen molar-refractivity contribution in [1.82, 2.24) is 0 Å². The summed E-state index contributed by atoms with van der Waals surface area (Å²) in [7, 11) is 0. The first-order valence-electron chi connectivity index (χ1n) is 5.56. The van der Waals surface area contributed by atoms with Crippen LogP contribution in [0.5, 0.6) is 0 Å². The Morgan fingerprint density at radius 1 is 1.53 bits per heavy atom. The van der Waals surface area contributed by atoms with Crippen molar-refractivity contribution in [2.45, 2.75) is 12.5 Å². The van der Waals surface area contributed by atoms with E-state index < -0.39 is 23.9 Å². The minimum absolute atomic E-state index is 0.250. The zero-order chi connectivity index (χ0) is 13.8. The van der Waals surface area contributed by atoms with E-state index in [4.69, 9.17) is 4.74 Å². The van der Waals surface area contributed by atoms with E-state index in [2.05, 4.69) is 20.7 Å². The molecule has 4 nitrogen and oxygen atoms in total. The molecule has 1 aliphatic rings. The van der Waals surface area contributed by atoms with Crippen molar-refractivity contribution in [2.75, 3.05) is 6.61 Å². The molecule has 1 heterocycles. The largest absolute Gasteiger partial charge is 0.463 e. The van der Waals surface area contributed by atoms with Gasteiger partial charge in [-0.1, -0.05) is 15.9 Å². The quantitative estimate of drug-likeness (QED) is 0.631. The maximum Gasteiger partial charge on any atom is 0.347 e. The molecule has 1 fully saturated rings. The molecule has 0 spiro atoms. The van der Waals surface area contributed by atoms with Gasteiger partial charge in [-0.05, 0) is 24.3 Å². The molecule has 1 aliphatic heterocycles. The van der Waals surface area contributed by atoms with Gasteiger partial charge in [-0.15, -0.1) is 0 Å². The van der Waals surface area contributed by atoms with E-state index >= 15 is 0 Å². The first-order valence-corrected chi connectivity index (χ1v) is 6.36. The van der Waals surface area contributed by atoms with Crippen molar-refractivity contribution < 1.29 is 23.5 Å². The molecule has 1 unspecified atom stereocenters. The zero-order valence-corrected chi connectivity index (χ0v) is 11.4. The minimum atomic E-state index is -0.857. The van der Waals surface area contributed by atoms with E-state index in [0.717, 1.165) is 6.08 Å². The molecule has 0 radical (unpaired) electrons. The second-order valence-electron chi connectivity index (χ2n) is 3.88. The number of benzene rings is 1. The highest BCUT2D eigenvalue weighted by atomic mass is 79.9. The van der Waals surface area contributed by atoms with Crippen LogP contribution in [0, 0.1) is 5.82 Å². The van der Waals surface area contributed by atoms with Gasteiger partial charge >= 0.3 is 11.9 Å². The lowest BCUT2D eigenvalue weighted by Crippen LogP contribution is -2.21. The zero-order valence-electron chi connectivity index (χ0n) is 9.77. The molecular weight excluding hydrogens is 319 g/mol. The van der Waals surface area contributed by atoms with Gasteiger partial charge < -0.3 is 9.47 Å². The van der Waals surface area contributed by atoms with Gasteiger partial charge in [0.05, 0.1) is 6.61 Å². The number of hydrogen-bond donors (Lipinski definition) is 0. The second kappa shape index (κ2) is 5.97. The van der Waals surface area contributed by atoms with Crippen LogP contribution in [0.15, 0.2) is 28.7 Å². The van der Waals surface area contributed by atoms with Crippen molar-refractivity contribution >= 4 is 33.9 Å². The van der Waals surface area contributed by atoms with Crippen LogP contribution < -0.4 is 0 Å². The number of ether oxygens (including phenoxy) is 2. The number of rotatable bonds is 3.